The molecule has 0 aromatic heterocycles. The first-order valence-corrected chi connectivity index (χ1v) is 15.9. The molecule has 9 nitrogen and oxygen atoms in total. The summed E-state index contributed by atoms with van der Waals surface area (Å²) in [5, 5.41) is 30.7. The van der Waals surface area contributed by atoms with E-state index in [4.69, 9.17) is 18.9 Å². The molecule has 0 aliphatic heterocycles. The minimum Gasteiger partial charge on any atom is -0.504 e. The van der Waals surface area contributed by atoms with Crippen LogP contribution in [0.25, 0.3) is 0 Å². The number of rotatable bonds is 8. The number of carbonyl (C=O) groups is 2. The molecule has 5 unspecified atom stereocenters. The Morgan fingerprint density at radius 2 is 1.65 bits per heavy atom. The molecule has 0 saturated heterocycles. The monoisotopic (exact) mass is 630 g/mol. The Morgan fingerprint density at radius 1 is 0.891 bits per heavy atom. The Balaban J connectivity index is 1.41. The first-order chi connectivity index (χ1) is 22.1. The number of hydrogen-bond acceptors (Lipinski definition) is 9. The van der Waals surface area contributed by atoms with E-state index in [-0.39, 0.29) is 47.8 Å². The van der Waals surface area contributed by atoms with Crippen LogP contribution in [0.3, 0.4) is 0 Å². The normalized spacial score (nSPS) is 26.6. The third-order valence-electron chi connectivity index (χ3n) is 10.6. The van der Waals surface area contributed by atoms with Crippen molar-refractivity contribution in [3.8, 4) is 23.0 Å². The van der Waals surface area contributed by atoms with E-state index in [0.29, 0.717) is 37.2 Å². The standard InChI is InChI=1S/C37H42O9/c1-22(39)45-32-17-28(46-35(42)12-23-5-4-6-24(11-23)20-38)19-36(27-7-8-30(40)34(16-27)44-3)9-10-37(21-36)18-26-14-31(41)33(43-2)15-25(26)13-29(32)37/h4-8,11,14-16,28-29,32,38,40-41H,9-10,12-13,17-21H2,1-3H3. The smallest absolute Gasteiger partial charge is 0.310 e. The Morgan fingerprint density at radius 3 is 2.39 bits per heavy atom. The molecule has 1 spiro atoms. The molecule has 3 aliphatic rings. The summed E-state index contributed by atoms with van der Waals surface area (Å²) in [5.74, 6) is 0.0981. The van der Waals surface area contributed by atoms with Crippen molar-refractivity contribution >= 4 is 11.9 Å². The van der Waals surface area contributed by atoms with E-state index in [1.807, 2.05) is 30.3 Å². The predicted molar refractivity (Wildman–Crippen MR) is 169 cm³/mol. The fraction of sp³-hybridized carbons (Fsp3) is 0.459. The molecule has 9 heteroatoms. The minimum atomic E-state index is -0.551. The van der Waals surface area contributed by atoms with Crippen LogP contribution in [0.4, 0.5) is 0 Å². The second-order valence-corrected chi connectivity index (χ2v) is 13.3. The number of phenolic OH excluding ortho intramolecular Hbond substituents is 2. The summed E-state index contributed by atoms with van der Waals surface area (Å²) in [6, 6.07) is 16.4. The zero-order valence-corrected chi connectivity index (χ0v) is 26.6. The van der Waals surface area contributed by atoms with Crippen molar-refractivity contribution in [2.75, 3.05) is 14.2 Å². The Bertz CT molecular complexity index is 1630. The van der Waals surface area contributed by atoms with E-state index in [1.54, 1.807) is 24.3 Å². The number of ether oxygens (including phenoxy) is 4. The first kappa shape index (κ1) is 31.7. The van der Waals surface area contributed by atoms with Crippen molar-refractivity contribution in [1.29, 1.82) is 0 Å². The molecule has 0 radical (unpaired) electrons. The Labute approximate surface area is 269 Å². The average molecular weight is 631 g/mol. The van der Waals surface area contributed by atoms with Gasteiger partial charge in [-0.25, -0.2) is 0 Å². The van der Waals surface area contributed by atoms with Crippen LogP contribution >= 0.6 is 0 Å². The zero-order chi connectivity index (χ0) is 32.6. The molecule has 5 atom stereocenters. The number of carbonyl (C=O) groups excluding carboxylic acids is 2. The molecule has 0 amide bonds. The van der Waals surface area contributed by atoms with Crippen LogP contribution in [0.15, 0.2) is 54.6 Å². The highest BCUT2D eigenvalue weighted by Crippen LogP contribution is 2.63. The Hall–Kier alpha value is -4.24. The Kier molecular flexibility index (Phi) is 8.63. The second-order valence-electron chi connectivity index (χ2n) is 13.3. The van der Waals surface area contributed by atoms with Gasteiger partial charge in [0, 0.05) is 19.3 Å². The molecule has 3 aromatic rings. The summed E-state index contributed by atoms with van der Waals surface area (Å²) in [6.07, 6.45) is 3.57. The number of esters is 2. The number of aliphatic hydroxyl groups excluding tert-OH is 1. The third-order valence-corrected chi connectivity index (χ3v) is 10.6. The van der Waals surface area contributed by atoms with Gasteiger partial charge in [0.2, 0.25) is 0 Å². The summed E-state index contributed by atoms with van der Waals surface area (Å²) in [6.45, 7) is 1.30. The van der Waals surface area contributed by atoms with Crippen molar-refractivity contribution < 1.29 is 43.9 Å². The summed E-state index contributed by atoms with van der Waals surface area (Å²) >= 11 is 0. The van der Waals surface area contributed by atoms with Gasteiger partial charge in [0.25, 0.3) is 0 Å². The maximum atomic E-state index is 13.5. The maximum Gasteiger partial charge on any atom is 0.310 e. The van der Waals surface area contributed by atoms with Crippen molar-refractivity contribution in [2.45, 2.75) is 82.5 Å². The second kappa shape index (κ2) is 12.5. The number of hydrogen-bond donors (Lipinski definition) is 3. The molecule has 3 N–H and O–H groups in total. The van der Waals surface area contributed by atoms with Crippen LogP contribution < -0.4 is 9.47 Å². The molecular formula is C37H42O9. The molecule has 2 fully saturated rings. The molecular weight excluding hydrogens is 588 g/mol. The van der Waals surface area contributed by atoms with E-state index in [1.165, 1.54) is 21.1 Å². The van der Waals surface area contributed by atoms with Crippen LogP contribution in [0.1, 0.15) is 66.8 Å². The lowest BCUT2D eigenvalue weighted by Crippen LogP contribution is -2.49. The predicted octanol–water partition coefficient (Wildman–Crippen LogP) is 5.31. The highest BCUT2D eigenvalue weighted by Gasteiger charge is 2.59. The van der Waals surface area contributed by atoms with Crippen LogP contribution in [-0.2, 0) is 50.3 Å². The fourth-order valence-electron chi connectivity index (χ4n) is 8.62. The van der Waals surface area contributed by atoms with E-state index >= 15 is 0 Å². The van der Waals surface area contributed by atoms with Gasteiger partial charge in [-0.1, -0.05) is 30.3 Å². The number of benzene rings is 3. The van der Waals surface area contributed by atoms with Gasteiger partial charge in [0.15, 0.2) is 23.0 Å². The molecule has 46 heavy (non-hydrogen) atoms. The largest absolute Gasteiger partial charge is 0.504 e. The van der Waals surface area contributed by atoms with E-state index < -0.39 is 17.6 Å². The topological polar surface area (TPSA) is 132 Å². The SMILES string of the molecule is COc1cc(C23CCC4(Cc5cc(O)c(OC)cc5CC4C(OC(C)=O)CC(OC(=O)Cc4cccc(CO)c4)C2)C3)ccc1O. The lowest BCUT2D eigenvalue weighted by molar-refractivity contribution is -0.162. The highest BCUT2D eigenvalue weighted by molar-refractivity contribution is 5.73. The summed E-state index contributed by atoms with van der Waals surface area (Å²) in [7, 11) is 3.05. The number of methoxy groups -OCH3 is 2. The van der Waals surface area contributed by atoms with Crippen LogP contribution in [-0.4, -0.2) is 53.7 Å². The van der Waals surface area contributed by atoms with Gasteiger partial charge in [-0.05, 0) is 101 Å². The molecule has 2 bridgehead atoms. The average Bonchev–Trinajstić information content (AvgIpc) is 3.39. The van der Waals surface area contributed by atoms with Gasteiger partial charge in [-0.15, -0.1) is 0 Å². The van der Waals surface area contributed by atoms with Gasteiger partial charge >= 0.3 is 11.9 Å². The lowest BCUT2D eigenvalue weighted by atomic mass is 9.57. The van der Waals surface area contributed by atoms with Gasteiger partial charge in [-0.3, -0.25) is 9.59 Å². The van der Waals surface area contributed by atoms with Gasteiger partial charge in [0.05, 0.1) is 27.2 Å². The van der Waals surface area contributed by atoms with Gasteiger partial charge in [-0.2, -0.15) is 0 Å². The molecule has 2 saturated carbocycles. The van der Waals surface area contributed by atoms with Crippen molar-refractivity contribution in [3.05, 3.63) is 82.4 Å². The van der Waals surface area contributed by atoms with Gasteiger partial charge in [0.1, 0.15) is 12.2 Å². The van der Waals surface area contributed by atoms with Crippen LogP contribution in [0, 0.1) is 11.3 Å². The summed E-state index contributed by atoms with van der Waals surface area (Å²) in [4.78, 5) is 26.0. The summed E-state index contributed by atoms with van der Waals surface area (Å²) in [5.41, 5.74) is 3.92. The van der Waals surface area contributed by atoms with Gasteiger partial charge < -0.3 is 34.3 Å². The van der Waals surface area contributed by atoms with Crippen LogP contribution in [0.5, 0.6) is 23.0 Å². The van der Waals surface area contributed by atoms with Crippen molar-refractivity contribution in [2.24, 2.45) is 11.3 Å². The zero-order valence-electron chi connectivity index (χ0n) is 26.6. The number of aliphatic hydroxyl groups is 1. The first-order valence-electron chi connectivity index (χ1n) is 15.9. The van der Waals surface area contributed by atoms with Crippen molar-refractivity contribution in [3.63, 3.8) is 0 Å². The van der Waals surface area contributed by atoms with Crippen LogP contribution in [0.2, 0.25) is 0 Å². The van der Waals surface area contributed by atoms with E-state index in [2.05, 4.69) is 0 Å². The molecule has 3 aliphatic carbocycles. The third kappa shape index (κ3) is 6.00. The number of aromatic hydroxyl groups is 2. The fourth-order valence-corrected chi connectivity index (χ4v) is 8.62. The molecule has 0 heterocycles. The van der Waals surface area contributed by atoms with E-state index in [9.17, 15) is 24.9 Å². The minimum absolute atomic E-state index is 0.0482. The summed E-state index contributed by atoms with van der Waals surface area (Å²) < 4.78 is 23.3. The van der Waals surface area contributed by atoms with Crippen molar-refractivity contribution in [1.82, 2.24) is 0 Å². The molecule has 3 aromatic carbocycles. The lowest BCUT2D eigenvalue weighted by Gasteiger charge is -2.49. The number of fused-ring (bicyclic) bond motifs is 2. The quantitative estimate of drug-likeness (QED) is 0.283. The highest BCUT2D eigenvalue weighted by atomic mass is 16.6. The maximum absolute atomic E-state index is 13.5. The molecule has 6 rings (SSSR count). The molecule has 244 valence electrons. The van der Waals surface area contributed by atoms with E-state index in [0.717, 1.165) is 47.1 Å². The number of phenols is 2.